The SMILES string of the molecule is COc1cc(-c2ccc(-n3nc(-c4ccc(C(=O)N(S(=O)(=O)O)S(=O)(=O)O)cc4)n[n+]3-c3nc4ccccc4s3)c(OC)c2)ccc1-n1nc(-c2ccc(C(=O)N(S(=O)(=O)O)S(=O)(=O)O)cc2)n[n+]1-c1nc2ccccc2s1. The number of nitrogens with zero attached hydrogens (tertiary/aromatic N) is 12. The molecule has 398 valence electrons. The average molecular weight is 1180 g/mol. The smallest absolute Gasteiger partial charge is 0.377 e. The van der Waals surface area contributed by atoms with Crippen molar-refractivity contribution in [2.24, 2.45) is 0 Å². The van der Waals surface area contributed by atoms with Crippen LogP contribution in [0.15, 0.2) is 133 Å². The third-order valence-corrected chi connectivity index (χ3v) is 17.7. The van der Waals surface area contributed by atoms with Crippen molar-refractivity contribution in [3.8, 4) is 67.0 Å². The first-order valence-electron chi connectivity index (χ1n) is 21.6. The molecule has 4 aromatic heterocycles. The van der Waals surface area contributed by atoms with Crippen molar-refractivity contribution >= 4 is 96.1 Å². The van der Waals surface area contributed by atoms with Crippen LogP contribution in [0, 0.1) is 0 Å². The Morgan fingerprint density at radius 2 is 0.821 bits per heavy atom. The second kappa shape index (κ2) is 19.8. The van der Waals surface area contributed by atoms with Crippen LogP contribution in [0.4, 0.5) is 0 Å². The van der Waals surface area contributed by atoms with Crippen LogP contribution in [0.5, 0.6) is 11.5 Å². The van der Waals surface area contributed by atoms with Crippen molar-refractivity contribution in [1.82, 2.24) is 47.4 Å². The Morgan fingerprint density at radius 3 is 1.14 bits per heavy atom. The number of para-hydroxylation sites is 2. The van der Waals surface area contributed by atoms with Gasteiger partial charge in [0, 0.05) is 32.5 Å². The van der Waals surface area contributed by atoms with Crippen LogP contribution in [0.2, 0.25) is 0 Å². The van der Waals surface area contributed by atoms with Gasteiger partial charge >= 0.3 is 51.5 Å². The monoisotopic (exact) mass is 1180 g/mol. The fraction of sp³-hybridized carbons (Fsp3) is 0.0455. The van der Waals surface area contributed by atoms with E-state index < -0.39 is 71.6 Å². The Kier molecular flexibility index (Phi) is 13.4. The number of methoxy groups -OCH3 is 2. The van der Waals surface area contributed by atoms with E-state index in [9.17, 15) is 61.5 Å². The van der Waals surface area contributed by atoms with Gasteiger partial charge in [-0.1, -0.05) is 76.5 Å². The van der Waals surface area contributed by atoms with Gasteiger partial charge in [0.15, 0.2) is 22.4 Å². The van der Waals surface area contributed by atoms with Crippen molar-refractivity contribution in [2.45, 2.75) is 0 Å². The van der Waals surface area contributed by atoms with E-state index in [4.69, 9.17) is 39.8 Å². The van der Waals surface area contributed by atoms with Crippen molar-refractivity contribution in [3.63, 3.8) is 0 Å². The number of hydrogen-bond donors (Lipinski definition) is 4. The molecule has 0 radical (unpaired) electrons. The predicted molar refractivity (Wildman–Crippen MR) is 274 cm³/mol. The van der Waals surface area contributed by atoms with Gasteiger partial charge in [-0.2, -0.15) is 33.7 Å². The van der Waals surface area contributed by atoms with E-state index in [2.05, 4.69) is 0 Å². The minimum absolute atomic E-state index is 0.0373. The number of carbonyl (C=O) groups excluding carboxylic acids is 2. The summed E-state index contributed by atoms with van der Waals surface area (Å²) in [4.78, 5) is 40.8. The Balaban J connectivity index is 1.02. The zero-order valence-electron chi connectivity index (χ0n) is 39.2. The summed E-state index contributed by atoms with van der Waals surface area (Å²) in [6.07, 6.45) is 0. The summed E-state index contributed by atoms with van der Waals surface area (Å²) in [5.41, 5.74) is 2.64. The third kappa shape index (κ3) is 10.1. The maximum Gasteiger partial charge on any atom is 0.377 e. The Hall–Kier alpha value is -8.58. The first-order valence-corrected chi connectivity index (χ1v) is 28.8. The minimum atomic E-state index is -5.74. The number of ether oxygens (including phenoxy) is 2. The Labute approximate surface area is 447 Å². The number of hydrogen-bond acceptors (Lipinski definition) is 20. The number of fused-ring (bicyclic) bond motifs is 2. The summed E-state index contributed by atoms with van der Waals surface area (Å²) in [6, 6.07) is 34.3. The molecule has 0 spiro atoms. The molecule has 2 amide bonds. The van der Waals surface area contributed by atoms with E-state index in [1.54, 1.807) is 36.4 Å². The highest BCUT2D eigenvalue weighted by atomic mass is 32.3. The second-order valence-corrected chi connectivity index (χ2v) is 23.5. The Bertz CT molecular complexity index is 4130. The van der Waals surface area contributed by atoms with Gasteiger partial charge < -0.3 is 9.47 Å². The Morgan fingerprint density at radius 1 is 0.487 bits per heavy atom. The van der Waals surface area contributed by atoms with E-state index in [-0.39, 0.29) is 34.3 Å². The van der Waals surface area contributed by atoms with Gasteiger partial charge in [-0.3, -0.25) is 27.8 Å². The molecule has 0 aliphatic carbocycles. The van der Waals surface area contributed by atoms with Gasteiger partial charge in [-0.15, -0.1) is 0 Å². The number of benzene rings is 6. The molecule has 10 aromatic rings. The molecule has 0 saturated heterocycles. The number of thiazole rings is 2. The summed E-state index contributed by atoms with van der Waals surface area (Å²) in [5.74, 6) is -2.90. The molecule has 0 atom stereocenters. The van der Waals surface area contributed by atoms with Crippen molar-refractivity contribution < 1.29 is 80.5 Å². The van der Waals surface area contributed by atoms with Gasteiger partial charge in [0.2, 0.25) is 0 Å². The van der Waals surface area contributed by atoms with Gasteiger partial charge in [0.05, 0.1) is 23.6 Å². The number of tetrazole rings is 2. The molecule has 10 rings (SSSR count). The zero-order chi connectivity index (χ0) is 55.6. The van der Waals surface area contributed by atoms with Gasteiger partial charge in [0.1, 0.15) is 11.5 Å². The molecule has 0 saturated carbocycles. The maximum atomic E-state index is 12.9. The molecule has 78 heavy (non-hydrogen) atoms. The van der Waals surface area contributed by atoms with Crippen molar-refractivity contribution in [1.29, 1.82) is 0 Å². The van der Waals surface area contributed by atoms with Gasteiger partial charge in [-0.25, -0.2) is 0 Å². The number of rotatable bonds is 15. The van der Waals surface area contributed by atoms with Gasteiger partial charge in [0.25, 0.3) is 23.5 Å². The minimum Gasteiger partial charge on any atom is -0.494 e. The molecule has 6 aromatic carbocycles. The van der Waals surface area contributed by atoms with Crippen LogP contribution in [-0.4, -0.2) is 125 Å². The quantitative estimate of drug-likeness (QED) is 0.0839. The normalized spacial score (nSPS) is 12.2. The summed E-state index contributed by atoms with van der Waals surface area (Å²) >= 11 is 2.57. The fourth-order valence-electron chi connectivity index (χ4n) is 7.69. The summed E-state index contributed by atoms with van der Waals surface area (Å²) in [5, 5.41) is 19.6. The van der Waals surface area contributed by atoms with Crippen LogP contribution < -0.4 is 19.1 Å². The lowest BCUT2D eigenvalue weighted by Gasteiger charge is -2.14. The van der Waals surface area contributed by atoms with E-state index in [0.29, 0.717) is 43.8 Å². The second-order valence-electron chi connectivity index (χ2n) is 16.0. The third-order valence-electron chi connectivity index (χ3n) is 11.1. The van der Waals surface area contributed by atoms with Crippen LogP contribution in [0.1, 0.15) is 20.7 Å². The number of amides is 2. The molecule has 0 unspecified atom stereocenters. The first-order chi connectivity index (χ1) is 36.9. The lowest BCUT2D eigenvalue weighted by Crippen LogP contribution is -2.43. The molecular weight excluding hydrogens is 1140 g/mol. The standard InChI is InChI=1S/C44H30N12O16S6/c1-71-35-23-29(19-21-33(35)51-47-39(49-53(51)43-45-31-7-3-5-9-37(31)73-43)25-11-15-27(16-12-25)41(57)55(75(59,60)61)76(62,63)64)30-20-22-34(36(24-30)72-2)52-48-40(50-54(52)44-46-32-8-4-6-10-38(32)74-44)26-13-17-28(18-14-26)42(58)56(77(65,66)67)78(68,69)70/h3-24H,1-2H3,(H2-2,59,60,61,62,63,64,65,66,67,68,69,70)/p+2. The highest BCUT2D eigenvalue weighted by Gasteiger charge is 2.39. The van der Waals surface area contributed by atoms with Gasteiger partial charge in [-0.05, 0) is 138 Å². The average Bonchev–Trinajstić information content (AvgIpc) is 4.33. The van der Waals surface area contributed by atoms with Crippen molar-refractivity contribution in [3.05, 3.63) is 145 Å². The highest BCUT2D eigenvalue weighted by molar-refractivity contribution is 8.00. The summed E-state index contributed by atoms with van der Waals surface area (Å²) < 4.78 is 143. The molecule has 0 aliphatic heterocycles. The first kappa shape index (κ1) is 52.8. The van der Waals surface area contributed by atoms with Crippen LogP contribution >= 0.6 is 22.7 Å². The van der Waals surface area contributed by atoms with Crippen LogP contribution in [0.3, 0.4) is 0 Å². The number of aromatic nitrogens is 10. The van der Waals surface area contributed by atoms with E-state index in [1.165, 1.54) is 80.3 Å². The highest BCUT2D eigenvalue weighted by Crippen LogP contribution is 2.35. The molecule has 34 heteroatoms. The topological polar surface area (TPSA) is 372 Å². The molecule has 0 aliphatic rings. The largest absolute Gasteiger partial charge is 0.494 e. The lowest BCUT2D eigenvalue weighted by atomic mass is 10.0. The van der Waals surface area contributed by atoms with E-state index in [0.717, 1.165) is 33.7 Å². The summed E-state index contributed by atoms with van der Waals surface area (Å²) in [6.45, 7) is 0. The van der Waals surface area contributed by atoms with E-state index >= 15 is 0 Å². The zero-order valence-corrected chi connectivity index (χ0v) is 44.1. The fourth-order valence-corrected chi connectivity index (χ4v) is 12.7. The maximum absolute atomic E-state index is 12.9. The summed E-state index contributed by atoms with van der Waals surface area (Å²) in [7, 11) is -20.1. The molecule has 4 heterocycles. The molecule has 4 N–H and O–H groups in total. The molecule has 28 nitrogen and oxygen atoms in total. The number of carbonyl (C=O) groups is 2. The predicted octanol–water partition coefficient (Wildman–Crippen LogP) is 3.73. The molecule has 0 bridgehead atoms. The molecular formula is C44H32N12O16S6+2. The molecule has 0 fully saturated rings. The van der Waals surface area contributed by atoms with E-state index in [1.807, 2.05) is 48.5 Å². The van der Waals surface area contributed by atoms with Crippen LogP contribution in [0.25, 0.3) is 76.0 Å². The van der Waals surface area contributed by atoms with Crippen molar-refractivity contribution in [2.75, 3.05) is 14.2 Å². The van der Waals surface area contributed by atoms with Crippen LogP contribution in [-0.2, 0) is 41.2 Å². The lowest BCUT2D eigenvalue weighted by molar-refractivity contribution is -0.734.